The largest absolute Gasteiger partial charge is 3.00 e. The Morgan fingerprint density at radius 1 is 0.581 bits per heavy atom. The monoisotopic (exact) mass is 569 g/mol. The van der Waals surface area contributed by atoms with Crippen LogP contribution >= 0.6 is 0 Å². The number of hydrogen-bond donors (Lipinski definition) is 3. The second-order valence-corrected chi connectivity index (χ2v) is 10.2. The van der Waals surface area contributed by atoms with E-state index < -0.39 is 0 Å². The molecule has 31 heavy (non-hydrogen) atoms. The van der Waals surface area contributed by atoms with E-state index in [1.165, 1.54) is 74.2 Å². The van der Waals surface area contributed by atoms with Crippen LogP contribution < -0.4 is 16.0 Å². The molecule has 0 saturated carbocycles. The molecule has 0 spiro atoms. The molecule has 3 N–H and O–H groups in total. The first-order valence-corrected chi connectivity index (χ1v) is 11.8. The van der Waals surface area contributed by atoms with Crippen molar-refractivity contribution in [3.05, 3.63) is 18.1 Å². The Labute approximate surface area is 221 Å². The molecule has 6 unspecified atom stereocenters. The van der Waals surface area contributed by atoms with E-state index in [2.05, 4.69) is 72.5 Å². The zero-order valence-corrected chi connectivity index (χ0v) is 22.2. The Morgan fingerprint density at radius 3 is 1.06 bits per heavy atom. The summed E-state index contributed by atoms with van der Waals surface area (Å²) in [6, 6.07) is 5.82. The van der Waals surface area contributed by atoms with E-state index in [1.807, 2.05) is 0 Å². The summed E-state index contributed by atoms with van der Waals surface area (Å²) >= 11 is 0. The molecular weight excluding hydrogens is 530 g/mol. The van der Waals surface area contributed by atoms with Crippen molar-refractivity contribution in [2.45, 2.75) is 98.2 Å². The standard InChI is InChI=1S/3C8H13N2.Gd/c3*1-5-3-7-4-6(2)10-8(7)9-5;/h3*5,7H,3-4H2,1-2H3,(H,9,10);/q3*-1;+3. The molecular formula is C24H39GdN6. The molecule has 3 fully saturated rings. The van der Waals surface area contributed by atoms with Crippen molar-refractivity contribution < 1.29 is 39.9 Å². The molecule has 6 atom stereocenters. The first-order valence-electron chi connectivity index (χ1n) is 11.8. The summed E-state index contributed by atoms with van der Waals surface area (Å²) in [5, 5.41) is 10.1. The predicted molar refractivity (Wildman–Crippen MR) is 125 cm³/mol. The van der Waals surface area contributed by atoms with Gasteiger partial charge in [-0.05, 0) is 40.0 Å². The molecule has 6 heterocycles. The third-order valence-corrected chi connectivity index (χ3v) is 6.82. The number of nitrogens with one attached hydrogen (secondary N) is 3. The predicted octanol–water partition coefficient (Wildman–Crippen LogP) is 4.02. The fourth-order valence-corrected chi connectivity index (χ4v) is 5.64. The average Bonchev–Trinajstić information content (AvgIpc) is 3.41. The SMILES string of the molecule is C[C-]1CC2CC(C)NC2=N1.C[C-]1CC2CC(C)NC2=N1.C[C-]1CC2CC(C)NC2=N1.[Gd+3]. The molecule has 0 aromatic rings. The fourth-order valence-electron chi connectivity index (χ4n) is 5.64. The van der Waals surface area contributed by atoms with Gasteiger partial charge in [0.05, 0.1) is 0 Å². The van der Waals surface area contributed by atoms with Crippen LogP contribution in [0.4, 0.5) is 0 Å². The van der Waals surface area contributed by atoms with Gasteiger partial charge in [-0.3, -0.25) is 0 Å². The van der Waals surface area contributed by atoms with Crippen molar-refractivity contribution in [3.8, 4) is 0 Å². The molecule has 0 aromatic heterocycles. The smallest absolute Gasteiger partial charge is 0.448 e. The minimum atomic E-state index is 0. The van der Waals surface area contributed by atoms with E-state index in [4.69, 9.17) is 0 Å². The van der Waals surface area contributed by atoms with Crippen molar-refractivity contribution in [1.82, 2.24) is 16.0 Å². The summed E-state index contributed by atoms with van der Waals surface area (Å²) in [5.74, 6) is 5.92. The average molecular weight is 569 g/mol. The van der Waals surface area contributed by atoms with Crippen LogP contribution in [-0.2, 0) is 0 Å². The van der Waals surface area contributed by atoms with Crippen molar-refractivity contribution in [2.75, 3.05) is 0 Å². The van der Waals surface area contributed by atoms with Gasteiger partial charge in [0.25, 0.3) is 0 Å². The van der Waals surface area contributed by atoms with Crippen LogP contribution in [-0.4, -0.2) is 35.6 Å². The number of aliphatic imine (C=N–C) groups is 3. The van der Waals surface area contributed by atoms with E-state index >= 15 is 0 Å². The van der Waals surface area contributed by atoms with Gasteiger partial charge in [-0.15, -0.1) is 18.1 Å². The minimum absolute atomic E-state index is 0. The van der Waals surface area contributed by atoms with Crippen LogP contribution in [0.1, 0.15) is 80.1 Å². The second-order valence-electron chi connectivity index (χ2n) is 10.2. The number of rotatable bonds is 0. The first-order chi connectivity index (χ1) is 14.3. The van der Waals surface area contributed by atoms with Crippen LogP contribution in [0.2, 0.25) is 0 Å². The normalized spacial score (nSPS) is 36.2. The Bertz CT molecular complexity index is 624. The van der Waals surface area contributed by atoms with Gasteiger partial charge in [0.1, 0.15) is 0 Å². The van der Waals surface area contributed by atoms with Gasteiger partial charge in [0, 0.05) is 18.1 Å². The molecule has 0 amide bonds. The molecule has 6 aliphatic rings. The summed E-state index contributed by atoms with van der Waals surface area (Å²) in [5.41, 5.74) is 0. The van der Waals surface area contributed by atoms with Gasteiger partial charge in [-0.2, -0.15) is 0 Å². The van der Waals surface area contributed by atoms with E-state index in [9.17, 15) is 0 Å². The summed E-state index contributed by atoms with van der Waals surface area (Å²) in [7, 11) is 0. The molecule has 1 radical (unpaired) electrons. The maximum atomic E-state index is 4.42. The Balaban J connectivity index is 0.000000130. The van der Waals surface area contributed by atoms with E-state index in [1.54, 1.807) is 0 Å². The third-order valence-electron chi connectivity index (χ3n) is 6.82. The summed E-state index contributed by atoms with van der Waals surface area (Å²) in [6.07, 6.45) is 7.38. The van der Waals surface area contributed by atoms with Crippen LogP contribution in [0.15, 0.2) is 15.0 Å². The van der Waals surface area contributed by atoms with Crippen molar-refractivity contribution in [1.29, 1.82) is 0 Å². The van der Waals surface area contributed by atoms with Crippen LogP contribution in [0, 0.1) is 75.8 Å². The maximum absolute atomic E-state index is 4.42. The van der Waals surface area contributed by atoms with Gasteiger partial charge < -0.3 is 30.9 Å². The van der Waals surface area contributed by atoms with Gasteiger partial charge in [-0.1, -0.05) is 75.3 Å². The van der Waals surface area contributed by atoms with Crippen LogP contribution in [0.5, 0.6) is 0 Å². The molecule has 0 bridgehead atoms. The Morgan fingerprint density at radius 2 is 0.839 bits per heavy atom. The summed E-state index contributed by atoms with van der Waals surface area (Å²) in [4.78, 5) is 13.3. The van der Waals surface area contributed by atoms with Crippen LogP contribution in [0.3, 0.4) is 0 Å². The first kappa shape index (κ1) is 25.0. The van der Waals surface area contributed by atoms with Crippen molar-refractivity contribution in [2.24, 2.45) is 32.7 Å². The van der Waals surface area contributed by atoms with Crippen molar-refractivity contribution >= 4 is 17.5 Å². The Kier molecular flexibility index (Phi) is 8.47. The number of fused-ring (bicyclic) bond motifs is 3. The third kappa shape index (κ3) is 6.23. The molecule has 0 aromatic carbocycles. The van der Waals surface area contributed by atoms with Gasteiger partial charge in [-0.25, -0.2) is 0 Å². The number of nitrogens with zero attached hydrogens (tertiary/aromatic N) is 3. The summed E-state index contributed by atoms with van der Waals surface area (Å²) < 4.78 is 0. The Hall–Kier alpha value is -0.655. The summed E-state index contributed by atoms with van der Waals surface area (Å²) in [6.45, 7) is 13.0. The topological polar surface area (TPSA) is 73.2 Å². The minimum Gasteiger partial charge on any atom is -0.448 e. The molecule has 0 aliphatic carbocycles. The molecule has 3 saturated heterocycles. The zero-order chi connectivity index (χ0) is 21.4. The molecule has 6 nitrogen and oxygen atoms in total. The second kappa shape index (κ2) is 10.5. The van der Waals surface area contributed by atoms with E-state index in [-0.39, 0.29) is 39.9 Å². The number of hydrogen-bond acceptors (Lipinski definition) is 6. The van der Waals surface area contributed by atoms with Gasteiger partial charge in [0.2, 0.25) is 0 Å². The van der Waals surface area contributed by atoms with Gasteiger partial charge in [0.15, 0.2) is 0 Å². The quantitative estimate of drug-likeness (QED) is 0.387. The molecule has 6 aliphatic heterocycles. The van der Waals surface area contributed by atoms with Crippen LogP contribution in [0.25, 0.3) is 0 Å². The zero-order valence-electron chi connectivity index (χ0n) is 19.9. The molecule has 7 heteroatoms. The maximum Gasteiger partial charge on any atom is 3.00 e. The van der Waals surface area contributed by atoms with E-state index in [0.717, 1.165) is 17.8 Å². The van der Waals surface area contributed by atoms with Gasteiger partial charge >= 0.3 is 39.9 Å². The fraction of sp³-hybridized carbons (Fsp3) is 0.750. The number of amidine groups is 3. The van der Waals surface area contributed by atoms with Crippen molar-refractivity contribution in [3.63, 3.8) is 0 Å². The molecule has 6 rings (SSSR count). The molecule has 173 valence electrons. The van der Waals surface area contributed by atoms with E-state index in [0.29, 0.717) is 18.1 Å².